The number of carbonyl (C=O) groups is 1. The molecule has 1 unspecified atom stereocenters. The van der Waals surface area contributed by atoms with Crippen LogP contribution < -0.4 is 0 Å². The van der Waals surface area contributed by atoms with E-state index in [1.54, 1.807) is 0 Å². The molecule has 23 heavy (non-hydrogen) atoms. The number of aliphatic hydroxyl groups is 1. The van der Waals surface area contributed by atoms with E-state index in [1.165, 1.54) is 5.56 Å². The van der Waals surface area contributed by atoms with Crippen LogP contribution in [0, 0.1) is 0 Å². The van der Waals surface area contributed by atoms with Gasteiger partial charge in [-0.15, -0.1) is 0 Å². The number of likely N-dealkylation sites (tertiary alicyclic amines) is 1. The average molecular weight is 318 g/mol. The third-order valence-electron chi connectivity index (χ3n) is 4.94. The Balaban J connectivity index is 1.99. The van der Waals surface area contributed by atoms with Gasteiger partial charge >= 0.3 is 0 Å². The number of nitrogens with zero attached hydrogens (tertiary/aromatic N) is 2. The minimum atomic E-state index is 0.00118. The highest BCUT2D eigenvalue weighted by Gasteiger charge is 2.29. The molecule has 128 valence electrons. The fourth-order valence-electron chi connectivity index (χ4n) is 3.57. The van der Waals surface area contributed by atoms with Gasteiger partial charge < -0.3 is 10.0 Å². The smallest absolute Gasteiger partial charge is 0.239 e. The van der Waals surface area contributed by atoms with Crippen LogP contribution in [-0.2, 0) is 11.4 Å². The van der Waals surface area contributed by atoms with Crippen LogP contribution in [0.5, 0.6) is 0 Å². The van der Waals surface area contributed by atoms with Gasteiger partial charge in [-0.1, -0.05) is 37.6 Å². The molecule has 0 spiro atoms. The highest BCUT2D eigenvalue weighted by Crippen LogP contribution is 2.31. The van der Waals surface area contributed by atoms with E-state index in [2.05, 4.69) is 13.0 Å². The van der Waals surface area contributed by atoms with Crippen molar-refractivity contribution in [3.05, 3.63) is 35.4 Å². The molecule has 1 aliphatic rings. The molecule has 0 saturated carbocycles. The van der Waals surface area contributed by atoms with Crippen molar-refractivity contribution in [3.8, 4) is 0 Å². The first-order chi connectivity index (χ1) is 11.1. The van der Waals surface area contributed by atoms with Gasteiger partial charge in [0.2, 0.25) is 5.91 Å². The normalized spacial score (nSPS) is 17.5. The van der Waals surface area contributed by atoms with E-state index in [-0.39, 0.29) is 18.6 Å². The van der Waals surface area contributed by atoms with E-state index < -0.39 is 0 Å². The average Bonchev–Trinajstić information content (AvgIpc) is 2.59. The van der Waals surface area contributed by atoms with Crippen molar-refractivity contribution in [3.63, 3.8) is 0 Å². The molecule has 1 aromatic carbocycles. The Morgan fingerprint density at radius 3 is 2.52 bits per heavy atom. The molecule has 0 aliphatic carbocycles. The van der Waals surface area contributed by atoms with Crippen molar-refractivity contribution in [2.75, 3.05) is 27.2 Å². The summed E-state index contributed by atoms with van der Waals surface area (Å²) < 4.78 is 0. The molecule has 4 heteroatoms. The van der Waals surface area contributed by atoms with Crippen LogP contribution in [0.2, 0.25) is 0 Å². The Kier molecular flexibility index (Phi) is 6.60. The molecule has 4 nitrogen and oxygen atoms in total. The number of aliphatic hydroxyl groups excluding tert-OH is 1. The Hall–Kier alpha value is -1.39. The zero-order valence-corrected chi connectivity index (χ0v) is 14.7. The summed E-state index contributed by atoms with van der Waals surface area (Å²) in [6.45, 7) is 3.85. The quantitative estimate of drug-likeness (QED) is 0.877. The predicted octanol–water partition coefficient (Wildman–Crippen LogP) is 2.62. The lowest BCUT2D eigenvalue weighted by molar-refractivity contribution is -0.137. The monoisotopic (exact) mass is 318 g/mol. The van der Waals surface area contributed by atoms with E-state index >= 15 is 0 Å². The first-order valence-electron chi connectivity index (χ1n) is 8.72. The second-order valence-electron chi connectivity index (χ2n) is 6.72. The van der Waals surface area contributed by atoms with E-state index in [1.807, 2.05) is 42.1 Å². The number of benzene rings is 1. The zero-order chi connectivity index (χ0) is 16.8. The van der Waals surface area contributed by atoms with Gasteiger partial charge in [-0.2, -0.15) is 0 Å². The molecule has 0 aromatic heterocycles. The molecule has 1 aliphatic heterocycles. The number of carbonyl (C=O) groups excluding carboxylic acids is 1. The lowest BCUT2D eigenvalue weighted by atomic mass is 9.86. The largest absolute Gasteiger partial charge is 0.392 e. The highest BCUT2D eigenvalue weighted by molar-refractivity contribution is 5.82. The summed E-state index contributed by atoms with van der Waals surface area (Å²) >= 11 is 0. The van der Waals surface area contributed by atoms with Gasteiger partial charge in [0.05, 0.1) is 12.6 Å². The minimum absolute atomic E-state index is 0.00118. The van der Waals surface area contributed by atoms with Crippen LogP contribution >= 0.6 is 0 Å². The first kappa shape index (κ1) is 18.0. The summed E-state index contributed by atoms with van der Waals surface area (Å²) in [5.74, 6) is 0.720. The van der Waals surface area contributed by atoms with Crippen molar-refractivity contribution in [2.24, 2.45) is 0 Å². The number of amides is 1. The van der Waals surface area contributed by atoms with Crippen LogP contribution in [0.3, 0.4) is 0 Å². The van der Waals surface area contributed by atoms with Crippen molar-refractivity contribution in [2.45, 2.75) is 51.2 Å². The van der Waals surface area contributed by atoms with Crippen LogP contribution in [0.4, 0.5) is 0 Å². The molecule has 2 rings (SSSR count). The minimum Gasteiger partial charge on any atom is -0.392 e. The van der Waals surface area contributed by atoms with Crippen molar-refractivity contribution in [1.82, 2.24) is 9.80 Å². The SMILES string of the molecule is CCCC(C(=O)N1CCC(c2ccccc2CO)CC1)N(C)C. The lowest BCUT2D eigenvalue weighted by Crippen LogP contribution is -2.48. The fraction of sp³-hybridized carbons (Fsp3) is 0.632. The zero-order valence-electron chi connectivity index (χ0n) is 14.7. The molecule has 1 amide bonds. The van der Waals surface area contributed by atoms with Crippen LogP contribution in [0.25, 0.3) is 0 Å². The molecule has 1 N–H and O–H groups in total. The summed E-state index contributed by atoms with van der Waals surface area (Å²) in [4.78, 5) is 16.8. The molecule has 0 bridgehead atoms. The van der Waals surface area contributed by atoms with Gasteiger partial charge in [-0.05, 0) is 50.4 Å². The molecule has 1 atom stereocenters. The van der Waals surface area contributed by atoms with Crippen molar-refractivity contribution < 1.29 is 9.90 Å². The van der Waals surface area contributed by atoms with Crippen molar-refractivity contribution in [1.29, 1.82) is 0 Å². The molecule has 1 fully saturated rings. The van der Waals surface area contributed by atoms with E-state index in [0.29, 0.717) is 5.92 Å². The number of piperidine rings is 1. The van der Waals surface area contributed by atoms with Gasteiger partial charge in [0.15, 0.2) is 0 Å². The Morgan fingerprint density at radius 1 is 1.30 bits per heavy atom. The third-order valence-corrected chi connectivity index (χ3v) is 4.94. The second-order valence-corrected chi connectivity index (χ2v) is 6.72. The number of hydrogen-bond acceptors (Lipinski definition) is 3. The van der Waals surface area contributed by atoms with Gasteiger partial charge in [0.1, 0.15) is 0 Å². The molecule has 1 heterocycles. The molecule has 1 saturated heterocycles. The molecule has 1 aromatic rings. The summed E-state index contributed by atoms with van der Waals surface area (Å²) in [5, 5.41) is 9.51. The van der Waals surface area contributed by atoms with E-state index in [0.717, 1.165) is 44.3 Å². The fourth-order valence-corrected chi connectivity index (χ4v) is 3.57. The van der Waals surface area contributed by atoms with Crippen LogP contribution in [-0.4, -0.2) is 54.0 Å². The maximum Gasteiger partial charge on any atom is 0.239 e. The molecule has 0 radical (unpaired) electrons. The highest BCUT2D eigenvalue weighted by atomic mass is 16.3. The molecular weight excluding hydrogens is 288 g/mol. The Labute approximate surface area is 140 Å². The Bertz CT molecular complexity index is 508. The number of rotatable bonds is 6. The van der Waals surface area contributed by atoms with Gasteiger partial charge in [0.25, 0.3) is 0 Å². The third kappa shape index (κ3) is 4.33. The number of hydrogen-bond donors (Lipinski definition) is 1. The van der Waals surface area contributed by atoms with Crippen LogP contribution in [0.1, 0.15) is 49.7 Å². The van der Waals surface area contributed by atoms with Crippen LogP contribution in [0.15, 0.2) is 24.3 Å². The lowest BCUT2D eigenvalue weighted by Gasteiger charge is -2.36. The summed E-state index contributed by atoms with van der Waals surface area (Å²) in [6.07, 6.45) is 3.90. The van der Waals surface area contributed by atoms with E-state index in [4.69, 9.17) is 0 Å². The maximum atomic E-state index is 12.7. The summed E-state index contributed by atoms with van der Waals surface area (Å²) in [5.41, 5.74) is 2.27. The van der Waals surface area contributed by atoms with Gasteiger partial charge in [0, 0.05) is 13.1 Å². The van der Waals surface area contributed by atoms with Crippen molar-refractivity contribution >= 4 is 5.91 Å². The van der Waals surface area contributed by atoms with Gasteiger partial charge in [-0.25, -0.2) is 0 Å². The Morgan fingerprint density at radius 2 is 1.96 bits per heavy atom. The van der Waals surface area contributed by atoms with Gasteiger partial charge in [-0.3, -0.25) is 9.69 Å². The second kappa shape index (κ2) is 8.46. The first-order valence-corrected chi connectivity index (χ1v) is 8.72. The molecular formula is C19H30N2O2. The van der Waals surface area contributed by atoms with E-state index in [9.17, 15) is 9.90 Å². The summed E-state index contributed by atoms with van der Waals surface area (Å²) in [6, 6.07) is 8.13. The number of likely N-dealkylation sites (N-methyl/N-ethyl adjacent to an activating group) is 1. The predicted molar refractivity (Wildman–Crippen MR) is 93.3 cm³/mol. The maximum absolute atomic E-state index is 12.7. The topological polar surface area (TPSA) is 43.8 Å². The standard InChI is InChI=1S/C19H30N2O2/c1-4-7-18(20(2)3)19(23)21-12-10-15(11-13-21)17-9-6-5-8-16(17)14-22/h5-6,8-9,15,18,22H,4,7,10-14H2,1-3H3. The summed E-state index contributed by atoms with van der Waals surface area (Å²) in [7, 11) is 3.98.